The first-order valence-electron chi connectivity index (χ1n) is 9.13. The topological polar surface area (TPSA) is 78.5 Å². The smallest absolute Gasteiger partial charge is 0.325 e. The van der Waals surface area contributed by atoms with Crippen LogP contribution in [-0.4, -0.2) is 34.8 Å². The minimum atomic E-state index is -0.813. The van der Waals surface area contributed by atoms with Crippen molar-refractivity contribution in [2.45, 2.75) is 58.5 Å². The van der Waals surface area contributed by atoms with Gasteiger partial charge < -0.3 is 10.6 Å². The van der Waals surface area contributed by atoms with Crippen molar-refractivity contribution in [1.82, 2.24) is 15.5 Å². The Hall–Kier alpha value is -1.89. The fraction of sp³-hybridized carbons (Fsp3) is 0.632. The summed E-state index contributed by atoms with van der Waals surface area (Å²) in [6, 6.07) is 1.48. The van der Waals surface area contributed by atoms with Crippen LogP contribution in [0.25, 0.3) is 0 Å². The van der Waals surface area contributed by atoms with Gasteiger partial charge in [-0.05, 0) is 59.4 Å². The van der Waals surface area contributed by atoms with E-state index in [1.807, 2.05) is 16.8 Å². The quantitative estimate of drug-likeness (QED) is 0.792. The lowest BCUT2D eigenvalue weighted by Gasteiger charge is -2.40. The highest BCUT2D eigenvalue weighted by molar-refractivity contribution is 7.07. The summed E-state index contributed by atoms with van der Waals surface area (Å²) in [6.45, 7) is 6.84. The average molecular weight is 378 g/mol. The molecule has 0 atom stereocenters. The van der Waals surface area contributed by atoms with Gasteiger partial charge in [0, 0.05) is 6.54 Å². The minimum absolute atomic E-state index is 0.203. The van der Waals surface area contributed by atoms with Crippen LogP contribution in [-0.2, 0) is 16.1 Å². The van der Waals surface area contributed by atoms with Crippen molar-refractivity contribution in [3.8, 4) is 0 Å². The molecule has 26 heavy (non-hydrogen) atoms. The monoisotopic (exact) mass is 377 g/mol. The zero-order valence-corrected chi connectivity index (χ0v) is 16.4. The molecule has 0 unspecified atom stereocenters. The first kappa shape index (κ1) is 18.9. The number of urea groups is 1. The zero-order valence-electron chi connectivity index (χ0n) is 15.6. The maximum absolute atomic E-state index is 12.9. The Bertz CT molecular complexity index is 685. The normalized spacial score (nSPS) is 26.3. The zero-order chi connectivity index (χ0) is 18.9. The summed E-state index contributed by atoms with van der Waals surface area (Å²) in [6.07, 6.45) is 3.11. The first-order chi connectivity index (χ1) is 12.2. The second kappa shape index (κ2) is 7.02. The maximum Gasteiger partial charge on any atom is 0.325 e. The van der Waals surface area contributed by atoms with Gasteiger partial charge in [0.25, 0.3) is 5.91 Å². The Kier molecular flexibility index (Phi) is 5.10. The summed E-state index contributed by atoms with van der Waals surface area (Å²) in [7, 11) is 0. The molecule has 2 fully saturated rings. The molecule has 1 aromatic heterocycles. The van der Waals surface area contributed by atoms with Crippen LogP contribution in [0.3, 0.4) is 0 Å². The van der Waals surface area contributed by atoms with E-state index in [0.717, 1.165) is 23.3 Å². The minimum Gasteiger partial charge on any atom is -0.350 e. The number of amides is 4. The van der Waals surface area contributed by atoms with Crippen LogP contribution in [0.4, 0.5) is 4.79 Å². The van der Waals surface area contributed by atoms with Gasteiger partial charge in [0.1, 0.15) is 12.1 Å². The summed E-state index contributed by atoms with van der Waals surface area (Å²) in [5, 5.41) is 9.54. The van der Waals surface area contributed by atoms with E-state index in [1.54, 1.807) is 11.3 Å². The van der Waals surface area contributed by atoms with E-state index in [1.165, 1.54) is 0 Å². The lowest BCUT2D eigenvalue weighted by molar-refractivity contribution is -0.136. The molecule has 0 bridgehead atoms. The lowest BCUT2D eigenvalue weighted by atomic mass is 9.67. The molecule has 0 radical (unpaired) electrons. The molecule has 1 saturated carbocycles. The second-order valence-electron chi connectivity index (χ2n) is 8.45. The summed E-state index contributed by atoms with van der Waals surface area (Å²) in [5.41, 5.74) is 0.401. The SMILES string of the molecule is CC(C)(C)C1CCC2(CC1)NC(=O)N(CC(=O)NCc1ccsc1)C2=O. The molecule has 2 N–H and O–H groups in total. The van der Waals surface area contributed by atoms with Gasteiger partial charge in [-0.25, -0.2) is 4.79 Å². The molecule has 4 amide bonds. The van der Waals surface area contributed by atoms with Crippen LogP contribution in [0.1, 0.15) is 52.0 Å². The van der Waals surface area contributed by atoms with Crippen molar-refractivity contribution in [3.05, 3.63) is 22.4 Å². The van der Waals surface area contributed by atoms with Gasteiger partial charge in [-0.1, -0.05) is 20.8 Å². The Labute approximate surface area is 158 Å². The van der Waals surface area contributed by atoms with E-state index in [0.29, 0.717) is 25.3 Å². The number of imide groups is 1. The largest absolute Gasteiger partial charge is 0.350 e. The second-order valence-corrected chi connectivity index (χ2v) is 9.23. The summed E-state index contributed by atoms with van der Waals surface area (Å²) >= 11 is 1.56. The fourth-order valence-electron chi connectivity index (χ4n) is 3.93. The molecule has 1 aliphatic heterocycles. The summed E-state index contributed by atoms with van der Waals surface area (Å²) in [5.74, 6) is -0.0264. The highest BCUT2D eigenvalue weighted by atomic mass is 32.1. The van der Waals surface area contributed by atoms with Gasteiger partial charge >= 0.3 is 6.03 Å². The van der Waals surface area contributed by atoms with Crippen molar-refractivity contribution in [2.24, 2.45) is 11.3 Å². The van der Waals surface area contributed by atoms with Crippen LogP contribution in [0.15, 0.2) is 16.8 Å². The molecule has 1 spiro atoms. The number of nitrogens with zero attached hydrogens (tertiary/aromatic N) is 1. The van der Waals surface area contributed by atoms with E-state index >= 15 is 0 Å². The van der Waals surface area contributed by atoms with Crippen molar-refractivity contribution < 1.29 is 14.4 Å². The molecule has 1 aliphatic carbocycles. The summed E-state index contributed by atoms with van der Waals surface area (Å²) in [4.78, 5) is 38.4. The molecule has 3 rings (SSSR count). The Morgan fingerprint density at radius 2 is 2.04 bits per heavy atom. The molecular formula is C19H27N3O3S. The van der Waals surface area contributed by atoms with Gasteiger partial charge in [0.15, 0.2) is 0 Å². The number of hydrogen-bond acceptors (Lipinski definition) is 4. The predicted molar refractivity (Wildman–Crippen MR) is 101 cm³/mol. The standard InChI is InChI=1S/C19H27N3O3S/c1-18(2,3)14-4-7-19(8-5-14)16(24)22(17(25)21-19)11-15(23)20-10-13-6-9-26-12-13/h6,9,12,14H,4-5,7-8,10-11H2,1-3H3,(H,20,23)(H,21,25). The number of thiophene rings is 1. The van der Waals surface area contributed by atoms with Crippen LogP contribution in [0.2, 0.25) is 0 Å². The lowest BCUT2D eigenvalue weighted by Crippen LogP contribution is -2.51. The predicted octanol–water partition coefficient (Wildman–Crippen LogP) is 2.89. The van der Waals surface area contributed by atoms with E-state index in [2.05, 4.69) is 31.4 Å². The molecule has 1 aromatic rings. The Morgan fingerprint density at radius 3 is 2.62 bits per heavy atom. The third kappa shape index (κ3) is 3.77. The van der Waals surface area contributed by atoms with Crippen molar-refractivity contribution in [3.63, 3.8) is 0 Å². The molecule has 6 nitrogen and oxygen atoms in total. The Balaban J connectivity index is 1.58. The van der Waals surface area contributed by atoms with Gasteiger partial charge in [-0.3, -0.25) is 14.5 Å². The third-order valence-electron chi connectivity index (χ3n) is 5.68. The van der Waals surface area contributed by atoms with E-state index in [9.17, 15) is 14.4 Å². The van der Waals surface area contributed by atoms with Crippen molar-refractivity contribution in [1.29, 1.82) is 0 Å². The number of carbonyl (C=O) groups is 3. The van der Waals surface area contributed by atoms with Crippen LogP contribution in [0.5, 0.6) is 0 Å². The number of hydrogen-bond donors (Lipinski definition) is 2. The van der Waals surface area contributed by atoms with E-state index in [-0.39, 0.29) is 23.8 Å². The van der Waals surface area contributed by atoms with E-state index < -0.39 is 11.6 Å². The number of nitrogens with one attached hydrogen (secondary N) is 2. The van der Waals surface area contributed by atoms with Crippen LogP contribution >= 0.6 is 11.3 Å². The van der Waals surface area contributed by atoms with Gasteiger partial charge in [-0.2, -0.15) is 11.3 Å². The number of carbonyl (C=O) groups excluding carboxylic acids is 3. The van der Waals surface area contributed by atoms with Crippen molar-refractivity contribution in [2.75, 3.05) is 6.54 Å². The van der Waals surface area contributed by atoms with Crippen molar-refractivity contribution >= 4 is 29.2 Å². The van der Waals surface area contributed by atoms with Crippen LogP contribution < -0.4 is 10.6 Å². The Morgan fingerprint density at radius 1 is 1.35 bits per heavy atom. The van der Waals surface area contributed by atoms with Gasteiger partial charge in [-0.15, -0.1) is 0 Å². The molecule has 2 heterocycles. The molecule has 142 valence electrons. The number of rotatable bonds is 4. The van der Waals surface area contributed by atoms with Gasteiger partial charge in [0.2, 0.25) is 5.91 Å². The van der Waals surface area contributed by atoms with Crippen LogP contribution in [0, 0.1) is 11.3 Å². The highest BCUT2D eigenvalue weighted by Gasteiger charge is 2.53. The molecule has 1 saturated heterocycles. The van der Waals surface area contributed by atoms with Gasteiger partial charge in [0.05, 0.1) is 0 Å². The molecular weight excluding hydrogens is 350 g/mol. The summed E-state index contributed by atoms with van der Waals surface area (Å²) < 4.78 is 0. The maximum atomic E-state index is 12.9. The molecule has 2 aliphatic rings. The fourth-order valence-corrected chi connectivity index (χ4v) is 4.60. The average Bonchev–Trinajstić information content (AvgIpc) is 3.16. The van der Waals surface area contributed by atoms with E-state index in [4.69, 9.17) is 0 Å². The first-order valence-corrected chi connectivity index (χ1v) is 10.1. The molecule has 0 aromatic carbocycles. The third-order valence-corrected chi connectivity index (χ3v) is 6.41. The molecule has 7 heteroatoms. The highest BCUT2D eigenvalue weighted by Crippen LogP contribution is 2.43.